The summed E-state index contributed by atoms with van der Waals surface area (Å²) >= 11 is 0. The number of hydrazine groups is 3. The zero-order chi connectivity index (χ0) is 21.7. The number of carboxylic acids is 1. The second-order valence-corrected chi connectivity index (χ2v) is 9.01. The van der Waals surface area contributed by atoms with Gasteiger partial charge < -0.3 is 9.67 Å². The molecule has 0 radical (unpaired) electrons. The van der Waals surface area contributed by atoms with E-state index in [0.717, 1.165) is 11.9 Å². The van der Waals surface area contributed by atoms with Crippen LogP contribution in [0.2, 0.25) is 0 Å². The van der Waals surface area contributed by atoms with E-state index in [1.807, 2.05) is 12.1 Å². The van der Waals surface area contributed by atoms with E-state index in [9.17, 15) is 9.90 Å². The van der Waals surface area contributed by atoms with Crippen molar-refractivity contribution in [3.05, 3.63) is 64.7 Å². The highest BCUT2D eigenvalue weighted by Crippen LogP contribution is 2.46. The molecule has 0 unspecified atom stereocenters. The van der Waals surface area contributed by atoms with E-state index in [0.29, 0.717) is 11.5 Å². The Morgan fingerprint density at radius 3 is 2.56 bits per heavy atom. The van der Waals surface area contributed by atoms with Crippen LogP contribution in [0.15, 0.2) is 48.0 Å². The average Bonchev–Trinajstić information content (AvgIpc) is 3.42. The SMILES string of the molecule is O=C(O)c1ccc2c(C3CCCCC3)c3n(c2c1)C=C(C1NNNN1)Cc1ccccc1-3. The number of aromatic carboxylic acids is 1. The maximum Gasteiger partial charge on any atom is 0.335 e. The van der Waals surface area contributed by atoms with Crippen molar-refractivity contribution in [1.29, 1.82) is 0 Å². The molecule has 7 heteroatoms. The second-order valence-electron chi connectivity index (χ2n) is 9.01. The zero-order valence-electron chi connectivity index (χ0n) is 17.8. The third-order valence-corrected chi connectivity index (χ3v) is 7.13. The summed E-state index contributed by atoms with van der Waals surface area (Å²) in [6, 6.07) is 14.2. The van der Waals surface area contributed by atoms with Crippen LogP contribution in [0.1, 0.15) is 59.5 Å². The summed E-state index contributed by atoms with van der Waals surface area (Å²) in [7, 11) is 0. The first-order valence-corrected chi connectivity index (χ1v) is 11.4. The van der Waals surface area contributed by atoms with E-state index in [1.165, 1.54) is 65.4 Å². The molecule has 3 aliphatic rings. The maximum absolute atomic E-state index is 11.8. The summed E-state index contributed by atoms with van der Waals surface area (Å²) in [5.41, 5.74) is 19.8. The molecule has 6 rings (SSSR count). The van der Waals surface area contributed by atoms with Gasteiger partial charge >= 0.3 is 5.97 Å². The molecule has 0 spiro atoms. The van der Waals surface area contributed by atoms with Crippen LogP contribution in [0.25, 0.3) is 28.4 Å². The molecule has 0 bridgehead atoms. The summed E-state index contributed by atoms with van der Waals surface area (Å²) in [6.07, 6.45) is 9.08. The summed E-state index contributed by atoms with van der Waals surface area (Å²) < 4.78 is 2.24. The van der Waals surface area contributed by atoms with Gasteiger partial charge in [0.05, 0.1) is 16.8 Å². The van der Waals surface area contributed by atoms with Gasteiger partial charge in [-0.1, -0.05) is 49.6 Å². The standard InChI is InChI=1S/C25H27N5O2/c31-25(32)17-10-11-20-21(13-17)30-14-18(24-26-28-29-27-24)12-16-8-4-5-9-19(16)23(30)22(20)15-6-2-1-3-7-15/h4-5,8-11,13-15,24,26-29H,1-3,6-7,12H2,(H,31,32). The second kappa shape index (κ2) is 7.86. The predicted octanol–water partition coefficient (Wildman–Crippen LogP) is 3.89. The fourth-order valence-electron chi connectivity index (χ4n) is 5.63. The molecule has 1 aromatic heterocycles. The molecule has 5 N–H and O–H groups in total. The Morgan fingerprint density at radius 2 is 1.78 bits per heavy atom. The van der Waals surface area contributed by atoms with Crippen LogP contribution in [0.5, 0.6) is 0 Å². The minimum absolute atomic E-state index is 0.0766. The van der Waals surface area contributed by atoms with Gasteiger partial charge in [-0.2, -0.15) is 11.1 Å². The van der Waals surface area contributed by atoms with Gasteiger partial charge in [-0.05, 0) is 54.0 Å². The van der Waals surface area contributed by atoms with Crippen LogP contribution in [-0.4, -0.2) is 21.8 Å². The van der Waals surface area contributed by atoms with Gasteiger partial charge in [0.25, 0.3) is 0 Å². The van der Waals surface area contributed by atoms with Crippen molar-refractivity contribution in [3.63, 3.8) is 0 Å². The largest absolute Gasteiger partial charge is 0.478 e. The molecule has 1 saturated carbocycles. The number of fused-ring (bicyclic) bond motifs is 5. The van der Waals surface area contributed by atoms with Crippen LogP contribution in [0.4, 0.5) is 0 Å². The first-order valence-electron chi connectivity index (χ1n) is 11.4. The summed E-state index contributed by atoms with van der Waals surface area (Å²) in [6.45, 7) is 0. The number of aromatic nitrogens is 1. The molecule has 2 aromatic carbocycles. The molecule has 1 aliphatic carbocycles. The highest BCUT2D eigenvalue weighted by Gasteiger charge is 2.30. The Morgan fingerprint density at radius 1 is 1.00 bits per heavy atom. The monoisotopic (exact) mass is 429 g/mol. The fraction of sp³-hybridized carbons (Fsp3) is 0.320. The molecule has 2 fully saturated rings. The lowest BCUT2D eigenvalue weighted by molar-refractivity contribution is 0.0697. The zero-order valence-corrected chi connectivity index (χ0v) is 17.8. The molecule has 2 aliphatic heterocycles. The Balaban J connectivity index is 1.68. The number of carbonyl (C=O) groups is 1. The van der Waals surface area contributed by atoms with Gasteiger partial charge in [-0.25, -0.2) is 15.6 Å². The minimum Gasteiger partial charge on any atom is -0.478 e. The van der Waals surface area contributed by atoms with Gasteiger partial charge in [0.15, 0.2) is 0 Å². The van der Waals surface area contributed by atoms with E-state index in [2.05, 4.69) is 57.0 Å². The molecule has 3 aromatic rings. The number of hydrogen-bond donors (Lipinski definition) is 5. The Kier molecular flexibility index (Phi) is 4.84. The smallest absolute Gasteiger partial charge is 0.335 e. The molecular formula is C25H27N5O2. The molecule has 3 heterocycles. The van der Waals surface area contributed by atoms with Crippen LogP contribution < -0.4 is 21.9 Å². The van der Waals surface area contributed by atoms with Crippen molar-refractivity contribution >= 4 is 23.1 Å². The van der Waals surface area contributed by atoms with Crippen LogP contribution in [-0.2, 0) is 6.42 Å². The molecule has 0 atom stereocenters. The van der Waals surface area contributed by atoms with Gasteiger partial charge in [-0.3, -0.25) is 0 Å². The van der Waals surface area contributed by atoms with Gasteiger partial charge in [-0.15, -0.1) is 0 Å². The minimum atomic E-state index is -0.896. The summed E-state index contributed by atoms with van der Waals surface area (Å²) in [4.78, 5) is 11.8. The summed E-state index contributed by atoms with van der Waals surface area (Å²) in [5, 5.41) is 10.9. The number of nitrogens with zero attached hydrogens (tertiary/aromatic N) is 1. The van der Waals surface area contributed by atoms with Gasteiger partial charge in [0.2, 0.25) is 0 Å². The Labute approximate surface area is 186 Å². The molecule has 7 nitrogen and oxygen atoms in total. The lowest BCUT2D eigenvalue weighted by Crippen LogP contribution is -2.36. The van der Waals surface area contributed by atoms with Crippen molar-refractivity contribution in [3.8, 4) is 11.3 Å². The molecule has 32 heavy (non-hydrogen) atoms. The van der Waals surface area contributed by atoms with Crippen molar-refractivity contribution in [2.45, 2.75) is 50.6 Å². The molecule has 164 valence electrons. The molecule has 1 saturated heterocycles. The van der Waals surface area contributed by atoms with Crippen molar-refractivity contribution in [2.75, 3.05) is 0 Å². The lowest BCUT2D eigenvalue weighted by Gasteiger charge is -2.23. The van der Waals surface area contributed by atoms with Gasteiger partial charge in [0, 0.05) is 17.1 Å². The first-order chi connectivity index (χ1) is 15.7. The van der Waals surface area contributed by atoms with Crippen LogP contribution in [0, 0.1) is 0 Å². The fourth-order valence-corrected chi connectivity index (χ4v) is 5.63. The van der Waals surface area contributed by atoms with Crippen molar-refractivity contribution in [2.24, 2.45) is 0 Å². The van der Waals surface area contributed by atoms with Gasteiger partial charge in [0.1, 0.15) is 6.17 Å². The molecular weight excluding hydrogens is 402 g/mol. The number of nitrogens with one attached hydrogen (secondary N) is 4. The van der Waals surface area contributed by atoms with E-state index < -0.39 is 5.97 Å². The first kappa shape index (κ1) is 19.7. The highest BCUT2D eigenvalue weighted by atomic mass is 16.4. The Hall–Kier alpha value is -2.97. The maximum atomic E-state index is 11.8. The topological polar surface area (TPSA) is 90.3 Å². The van der Waals surface area contributed by atoms with E-state index >= 15 is 0 Å². The van der Waals surface area contributed by atoms with Crippen LogP contribution in [0.3, 0.4) is 0 Å². The number of hydrogen-bond acceptors (Lipinski definition) is 5. The summed E-state index contributed by atoms with van der Waals surface area (Å²) in [5.74, 6) is -0.403. The highest BCUT2D eigenvalue weighted by molar-refractivity contribution is 6.00. The Bertz CT molecular complexity index is 1230. The quantitative estimate of drug-likeness (QED) is 0.434. The van der Waals surface area contributed by atoms with Crippen molar-refractivity contribution < 1.29 is 9.90 Å². The van der Waals surface area contributed by atoms with E-state index in [1.54, 1.807) is 6.07 Å². The number of benzene rings is 2. The number of rotatable bonds is 3. The third-order valence-electron chi connectivity index (χ3n) is 7.13. The normalized spacial score (nSPS) is 19.4. The average molecular weight is 430 g/mol. The van der Waals surface area contributed by atoms with E-state index in [4.69, 9.17) is 0 Å². The predicted molar refractivity (Wildman–Crippen MR) is 124 cm³/mol. The third kappa shape index (κ3) is 3.17. The number of carboxylic acid groups (broad SMARTS) is 1. The molecule has 0 amide bonds. The van der Waals surface area contributed by atoms with E-state index in [-0.39, 0.29) is 6.17 Å². The van der Waals surface area contributed by atoms with Crippen molar-refractivity contribution in [1.82, 2.24) is 26.5 Å². The van der Waals surface area contributed by atoms with Crippen LogP contribution >= 0.6 is 0 Å². The lowest BCUT2D eigenvalue weighted by atomic mass is 9.81.